The van der Waals surface area contributed by atoms with Crippen molar-refractivity contribution in [3.05, 3.63) is 126 Å². The predicted molar refractivity (Wildman–Crippen MR) is 132 cm³/mol. The summed E-state index contributed by atoms with van der Waals surface area (Å²) < 4.78 is 18.9. The van der Waals surface area contributed by atoms with Gasteiger partial charge in [0, 0.05) is 17.2 Å². The Labute approximate surface area is 209 Å². The van der Waals surface area contributed by atoms with Gasteiger partial charge >= 0.3 is 5.76 Å². The molecule has 6 rings (SSSR count). The van der Waals surface area contributed by atoms with Gasteiger partial charge in [-0.3, -0.25) is 4.79 Å². The lowest BCUT2D eigenvalue weighted by atomic mass is 9.81. The monoisotopic (exact) mass is 505 g/mol. The fourth-order valence-corrected chi connectivity index (χ4v) is 4.87. The van der Waals surface area contributed by atoms with Crippen molar-refractivity contribution in [1.29, 1.82) is 0 Å². The molecule has 1 aliphatic carbocycles. The van der Waals surface area contributed by atoms with Crippen LogP contribution in [0, 0.1) is 6.92 Å². The lowest BCUT2D eigenvalue weighted by Crippen LogP contribution is -2.36. The number of nitrogens with zero attached hydrogens (tertiary/aromatic N) is 1. The molecule has 0 radical (unpaired) electrons. The first kappa shape index (κ1) is 21.8. The summed E-state index contributed by atoms with van der Waals surface area (Å²) in [6, 6.07) is 19.5. The molecule has 35 heavy (non-hydrogen) atoms. The van der Waals surface area contributed by atoms with Crippen molar-refractivity contribution in [3.8, 4) is 22.8 Å². The summed E-state index contributed by atoms with van der Waals surface area (Å²) in [5.74, 6) is -0.548. The summed E-state index contributed by atoms with van der Waals surface area (Å²) in [7, 11) is 0. The molecule has 0 bridgehead atoms. The molecule has 2 aliphatic rings. The third-order valence-electron chi connectivity index (χ3n) is 6.20. The van der Waals surface area contributed by atoms with Crippen molar-refractivity contribution in [2.24, 2.45) is 0 Å². The molecule has 0 saturated carbocycles. The average Bonchev–Trinajstić information content (AvgIpc) is 3.27. The second-order valence-electron chi connectivity index (χ2n) is 8.38. The van der Waals surface area contributed by atoms with E-state index in [1.807, 2.05) is 37.3 Å². The summed E-state index contributed by atoms with van der Waals surface area (Å²) in [6.07, 6.45) is 1.16. The van der Waals surface area contributed by atoms with E-state index in [1.165, 1.54) is 0 Å². The van der Waals surface area contributed by atoms with E-state index < -0.39 is 23.3 Å². The van der Waals surface area contributed by atoms with Crippen molar-refractivity contribution in [2.75, 3.05) is 0 Å². The second-order valence-corrected chi connectivity index (χ2v) is 9.16. The predicted octanol–water partition coefficient (Wildman–Crippen LogP) is 6.16. The van der Waals surface area contributed by atoms with Crippen molar-refractivity contribution in [1.82, 2.24) is 4.57 Å². The number of rotatable bonds is 3. The van der Waals surface area contributed by atoms with E-state index in [4.69, 9.17) is 37.1 Å². The third-order valence-corrected chi connectivity index (χ3v) is 7.00. The van der Waals surface area contributed by atoms with E-state index in [2.05, 4.69) is 0 Å². The standard InChI is InChI=1S/C27H17Cl2NO5/c1-14-9-11-15(12-10-14)30-26(31)22-18-13-21(33-20-8-4-7-19(28)23(20)29)34-24(18)16-5-2-3-6-17(16)25(22)35-27(30)32/h2-13,18,24H,1H3. The summed E-state index contributed by atoms with van der Waals surface area (Å²) in [4.78, 5) is 26.7. The van der Waals surface area contributed by atoms with Gasteiger partial charge in [-0.25, -0.2) is 9.36 Å². The Kier molecular flexibility index (Phi) is 5.09. The van der Waals surface area contributed by atoms with E-state index in [0.717, 1.165) is 15.7 Å². The summed E-state index contributed by atoms with van der Waals surface area (Å²) in [5, 5.41) is 0.598. The zero-order chi connectivity index (χ0) is 24.3. The van der Waals surface area contributed by atoms with Crippen LogP contribution >= 0.6 is 23.2 Å². The maximum Gasteiger partial charge on any atom is 0.426 e. The Bertz CT molecular complexity index is 1640. The van der Waals surface area contributed by atoms with Crippen LogP contribution in [0.25, 0.3) is 17.0 Å². The first-order valence-corrected chi connectivity index (χ1v) is 11.6. The van der Waals surface area contributed by atoms with Gasteiger partial charge in [0.05, 0.1) is 22.2 Å². The highest BCUT2D eigenvalue weighted by Crippen LogP contribution is 2.51. The van der Waals surface area contributed by atoms with Crippen LogP contribution in [0.3, 0.4) is 0 Å². The normalized spacial score (nSPS) is 17.6. The zero-order valence-corrected chi connectivity index (χ0v) is 19.8. The highest BCUT2D eigenvalue weighted by atomic mass is 35.5. The number of ether oxygens (including phenoxy) is 2. The Morgan fingerprint density at radius 1 is 0.943 bits per heavy atom. The van der Waals surface area contributed by atoms with Crippen molar-refractivity contribution in [2.45, 2.75) is 18.9 Å². The molecule has 1 aromatic heterocycles. The molecule has 2 atom stereocenters. The molecule has 2 heterocycles. The van der Waals surface area contributed by atoms with E-state index in [0.29, 0.717) is 27.6 Å². The van der Waals surface area contributed by atoms with Crippen molar-refractivity contribution < 1.29 is 13.9 Å². The Hall–Kier alpha value is -3.74. The number of hydrogen-bond donors (Lipinski definition) is 0. The van der Waals surface area contributed by atoms with Crippen LogP contribution in [0.5, 0.6) is 5.75 Å². The van der Waals surface area contributed by atoms with Gasteiger partial charge in [-0.1, -0.05) is 71.2 Å². The van der Waals surface area contributed by atoms with Gasteiger partial charge in [0.25, 0.3) is 11.5 Å². The highest BCUT2D eigenvalue weighted by Gasteiger charge is 2.43. The largest absolute Gasteiger partial charge is 0.456 e. The Morgan fingerprint density at radius 2 is 1.71 bits per heavy atom. The van der Waals surface area contributed by atoms with Gasteiger partial charge in [0.1, 0.15) is 16.9 Å². The van der Waals surface area contributed by atoms with Gasteiger partial charge in [0.15, 0.2) is 5.75 Å². The lowest BCUT2D eigenvalue weighted by Gasteiger charge is -2.27. The van der Waals surface area contributed by atoms with Crippen LogP contribution in [-0.2, 0) is 4.74 Å². The molecule has 0 saturated heterocycles. The maximum atomic E-state index is 13.8. The third kappa shape index (κ3) is 3.49. The van der Waals surface area contributed by atoms with Crippen molar-refractivity contribution in [3.63, 3.8) is 0 Å². The van der Waals surface area contributed by atoms with E-state index in [1.54, 1.807) is 42.5 Å². The molecular formula is C27H17Cl2NO5. The van der Waals surface area contributed by atoms with Gasteiger partial charge < -0.3 is 13.9 Å². The first-order chi connectivity index (χ1) is 16.9. The molecule has 2 unspecified atom stereocenters. The van der Waals surface area contributed by atoms with Crippen LogP contribution in [0.15, 0.2) is 92.8 Å². The number of hydrogen-bond acceptors (Lipinski definition) is 5. The molecule has 6 nitrogen and oxygen atoms in total. The number of fused-ring (bicyclic) bond motifs is 6. The van der Waals surface area contributed by atoms with Crippen LogP contribution < -0.4 is 16.1 Å². The zero-order valence-electron chi connectivity index (χ0n) is 18.3. The van der Waals surface area contributed by atoms with Crippen LogP contribution in [0.2, 0.25) is 10.0 Å². The van der Waals surface area contributed by atoms with E-state index in [-0.39, 0.29) is 16.7 Å². The number of aromatic nitrogens is 1. The van der Waals surface area contributed by atoms with Crippen molar-refractivity contribution >= 4 is 23.2 Å². The Balaban J connectivity index is 1.53. The van der Waals surface area contributed by atoms with Gasteiger partial charge in [-0.15, -0.1) is 0 Å². The summed E-state index contributed by atoms with van der Waals surface area (Å²) in [6.45, 7) is 1.93. The van der Waals surface area contributed by atoms with Crippen LogP contribution in [0.4, 0.5) is 0 Å². The van der Waals surface area contributed by atoms with E-state index >= 15 is 0 Å². The molecular weight excluding hydrogens is 489 g/mol. The van der Waals surface area contributed by atoms with Gasteiger partial charge in [-0.05, 0) is 31.2 Å². The lowest BCUT2D eigenvalue weighted by molar-refractivity contribution is 0.0599. The molecule has 3 aromatic carbocycles. The highest BCUT2D eigenvalue weighted by molar-refractivity contribution is 6.42. The smallest absolute Gasteiger partial charge is 0.426 e. The molecule has 0 N–H and O–H groups in total. The topological polar surface area (TPSA) is 70.7 Å². The van der Waals surface area contributed by atoms with Crippen LogP contribution in [0.1, 0.15) is 28.7 Å². The molecule has 0 amide bonds. The minimum absolute atomic E-state index is 0.180. The minimum atomic E-state index is -0.754. The Morgan fingerprint density at radius 3 is 2.51 bits per heavy atom. The number of aryl methyl sites for hydroxylation is 1. The molecule has 8 heteroatoms. The average molecular weight is 506 g/mol. The molecule has 0 spiro atoms. The molecule has 1 aliphatic heterocycles. The molecule has 4 aromatic rings. The summed E-state index contributed by atoms with van der Waals surface area (Å²) >= 11 is 12.4. The maximum absolute atomic E-state index is 13.8. The second kappa shape index (κ2) is 8.18. The fourth-order valence-electron chi connectivity index (χ4n) is 4.54. The quantitative estimate of drug-likeness (QED) is 0.333. The fraction of sp³-hybridized carbons (Fsp3) is 0.111. The summed E-state index contributed by atoms with van der Waals surface area (Å²) in [5.41, 5.74) is 2.71. The van der Waals surface area contributed by atoms with Crippen LogP contribution in [-0.4, -0.2) is 4.57 Å². The van der Waals surface area contributed by atoms with Gasteiger partial charge in [-0.2, -0.15) is 0 Å². The number of halogens is 2. The van der Waals surface area contributed by atoms with Gasteiger partial charge in [0.2, 0.25) is 0 Å². The van der Waals surface area contributed by atoms with E-state index in [9.17, 15) is 9.59 Å². The molecule has 0 fully saturated rings. The first-order valence-electron chi connectivity index (χ1n) is 10.9. The number of benzene rings is 3. The minimum Gasteiger partial charge on any atom is -0.456 e. The SMILES string of the molecule is Cc1ccc(-n2c(=O)oc3c(c2=O)C2C=C(Oc4cccc(Cl)c4Cl)OC2c2ccccc2-3)cc1. The molecule has 174 valence electrons.